The largest absolute Gasteiger partial charge is 0.468 e. The second-order valence-corrected chi connectivity index (χ2v) is 6.41. The number of fused-ring (bicyclic) bond motifs is 1. The van der Waals surface area contributed by atoms with E-state index in [4.69, 9.17) is 4.74 Å². The fourth-order valence-electron chi connectivity index (χ4n) is 2.15. The zero-order valence-corrected chi connectivity index (χ0v) is 13.3. The Kier molecular flexibility index (Phi) is 4.79. The molecule has 0 saturated heterocycles. The third kappa shape index (κ3) is 3.33. The first-order valence-corrected chi connectivity index (χ1v) is 7.46. The van der Waals surface area contributed by atoms with Crippen LogP contribution in [0.4, 0.5) is 0 Å². The molecule has 2 atom stereocenters. The second-order valence-electron chi connectivity index (χ2n) is 4.99. The number of thioether (sulfide) groups is 1. The Labute approximate surface area is 127 Å². The molecule has 2 N–H and O–H groups in total. The molecule has 7 nitrogen and oxygen atoms in total. The number of rotatable bonds is 6. The van der Waals surface area contributed by atoms with E-state index in [1.165, 1.54) is 13.4 Å². The highest BCUT2D eigenvalue weighted by molar-refractivity contribution is 8.00. The van der Waals surface area contributed by atoms with Crippen LogP contribution in [0.1, 0.15) is 20.3 Å². The zero-order valence-electron chi connectivity index (χ0n) is 12.5. The summed E-state index contributed by atoms with van der Waals surface area (Å²) >= 11 is 1.58. The minimum atomic E-state index is -0.721. The molecule has 2 heterocycles. The van der Waals surface area contributed by atoms with Crippen LogP contribution in [0.3, 0.4) is 0 Å². The van der Waals surface area contributed by atoms with Crippen LogP contribution < -0.4 is 5.32 Å². The van der Waals surface area contributed by atoms with E-state index in [2.05, 4.69) is 25.3 Å². The van der Waals surface area contributed by atoms with Crippen molar-refractivity contribution in [1.82, 2.24) is 25.3 Å². The van der Waals surface area contributed by atoms with Gasteiger partial charge in [0.15, 0.2) is 5.65 Å². The Morgan fingerprint density at radius 1 is 1.52 bits per heavy atom. The van der Waals surface area contributed by atoms with Gasteiger partial charge in [-0.3, -0.25) is 4.79 Å². The molecular weight excluding hydrogens is 290 g/mol. The van der Waals surface area contributed by atoms with E-state index in [-0.39, 0.29) is 11.2 Å². The molecule has 0 amide bonds. The Morgan fingerprint density at radius 2 is 2.29 bits per heavy atom. The fraction of sp³-hybridized carbons (Fsp3) is 0.538. The molecule has 0 aliphatic rings. The monoisotopic (exact) mass is 309 g/mol. The van der Waals surface area contributed by atoms with Gasteiger partial charge in [-0.1, -0.05) is 6.92 Å². The number of hydrogen-bond acceptors (Lipinski definition) is 7. The van der Waals surface area contributed by atoms with E-state index in [0.717, 1.165) is 10.5 Å². The molecule has 0 aliphatic carbocycles. The number of hydrogen-bond donors (Lipinski definition) is 2. The van der Waals surface area contributed by atoms with Gasteiger partial charge in [0.25, 0.3) is 0 Å². The van der Waals surface area contributed by atoms with Gasteiger partial charge in [0.2, 0.25) is 0 Å². The van der Waals surface area contributed by atoms with Crippen LogP contribution in [-0.2, 0) is 9.53 Å². The second kappa shape index (κ2) is 6.40. The fourth-order valence-corrected chi connectivity index (χ4v) is 3.33. The maximum Gasteiger partial charge on any atom is 0.325 e. The van der Waals surface area contributed by atoms with Crippen LogP contribution in [0, 0.1) is 0 Å². The average Bonchev–Trinajstić information content (AvgIpc) is 2.95. The molecule has 0 aromatic carbocycles. The number of aromatic nitrogens is 4. The standard InChI is InChI=1S/C13H19N5O2S/c1-8(5-13(2,14-3)12(19)20-4)21-11-9-10(16-6-15-9)17-7-18-11/h6-8,14H,5H2,1-4H3,(H,15,16,17,18). The van der Waals surface area contributed by atoms with Gasteiger partial charge in [-0.2, -0.15) is 0 Å². The van der Waals surface area contributed by atoms with Gasteiger partial charge < -0.3 is 15.0 Å². The highest BCUT2D eigenvalue weighted by Gasteiger charge is 2.34. The number of imidazole rings is 1. The van der Waals surface area contributed by atoms with Gasteiger partial charge in [0, 0.05) is 5.25 Å². The highest BCUT2D eigenvalue weighted by Crippen LogP contribution is 2.30. The summed E-state index contributed by atoms with van der Waals surface area (Å²) in [5.74, 6) is -0.271. The molecule has 2 rings (SSSR count). The normalized spacial score (nSPS) is 15.6. The van der Waals surface area contributed by atoms with Crippen LogP contribution in [0.25, 0.3) is 11.2 Å². The van der Waals surface area contributed by atoms with Crippen molar-refractivity contribution in [1.29, 1.82) is 0 Å². The molecule has 0 aliphatic heterocycles. The van der Waals surface area contributed by atoms with Crippen LogP contribution in [0.2, 0.25) is 0 Å². The summed E-state index contributed by atoms with van der Waals surface area (Å²) in [4.78, 5) is 27.4. The Morgan fingerprint density at radius 3 is 2.95 bits per heavy atom. The van der Waals surface area contributed by atoms with Crippen molar-refractivity contribution >= 4 is 28.9 Å². The van der Waals surface area contributed by atoms with Gasteiger partial charge in [0.1, 0.15) is 22.4 Å². The first-order valence-electron chi connectivity index (χ1n) is 6.58. The molecular formula is C13H19N5O2S. The van der Waals surface area contributed by atoms with E-state index in [1.54, 1.807) is 25.1 Å². The lowest BCUT2D eigenvalue weighted by Crippen LogP contribution is -2.49. The van der Waals surface area contributed by atoms with Crippen molar-refractivity contribution in [2.24, 2.45) is 0 Å². The number of nitrogens with zero attached hydrogens (tertiary/aromatic N) is 3. The van der Waals surface area contributed by atoms with E-state index >= 15 is 0 Å². The molecule has 21 heavy (non-hydrogen) atoms. The van der Waals surface area contributed by atoms with E-state index in [1.807, 2.05) is 13.8 Å². The summed E-state index contributed by atoms with van der Waals surface area (Å²) in [5.41, 5.74) is 0.740. The lowest BCUT2D eigenvalue weighted by atomic mass is 9.96. The molecule has 114 valence electrons. The quantitative estimate of drug-likeness (QED) is 0.473. The molecule has 0 bridgehead atoms. The number of aromatic amines is 1. The first kappa shape index (κ1) is 15.7. The van der Waals surface area contributed by atoms with Gasteiger partial charge in [-0.15, -0.1) is 11.8 Å². The van der Waals surface area contributed by atoms with Gasteiger partial charge in [-0.25, -0.2) is 15.0 Å². The van der Waals surface area contributed by atoms with Gasteiger partial charge in [-0.05, 0) is 20.4 Å². The summed E-state index contributed by atoms with van der Waals surface area (Å²) in [7, 11) is 3.15. The lowest BCUT2D eigenvalue weighted by molar-refractivity contribution is -0.147. The predicted octanol–water partition coefficient (Wildman–Crippen LogP) is 1.37. The summed E-state index contributed by atoms with van der Waals surface area (Å²) in [6.45, 7) is 3.88. The summed E-state index contributed by atoms with van der Waals surface area (Å²) in [6, 6.07) is 0. The predicted molar refractivity (Wildman–Crippen MR) is 81.1 cm³/mol. The topological polar surface area (TPSA) is 92.8 Å². The van der Waals surface area contributed by atoms with Crippen LogP contribution >= 0.6 is 11.8 Å². The third-order valence-electron chi connectivity index (χ3n) is 3.38. The van der Waals surface area contributed by atoms with Crippen molar-refractivity contribution in [3.8, 4) is 0 Å². The van der Waals surface area contributed by atoms with E-state index in [0.29, 0.717) is 12.1 Å². The number of methoxy groups -OCH3 is 1. The summed E-state index contributed by atoms with van der Waals surface area (Å²) in [6.07, 6.45) is 3.70. The maximum atomic E-state index is 11.9. The molecule has 0 spiro atoms. The first-order chi connectivity index (χ1) is 10.00. The van der Waals surface area contributed by atoms with Gasteiger partial charge >= 0.3 is 5.97 Å². The SMILES string of the molecule is CNC(C)(CC(C)Sc1ncnc2nc[nH]c12)C(=O)OC. The molecule has 2 unspecified atom stereocenters. The smallest absolute Gasteiger partial charge is 0.325 e. The van der Waals surface area contributed by atoms with Crippen molar-refractivity contribution in [2.75, 3.05) is 14.2 Å². The van der Waals surface area contributed by atoms with Crippen molar-refractivity contribution < 1.29 is 9.53 Å². The van der Waals surface area contributed by atoms with Crippen LogP contribution in [0.5, 0.6) is 0 Å². The summed E-state index contributed by atoms with van der Waals surface area (Å²) in [5, 5.41) is 4.02. The van der Waals surface area contributed by atoms with Crippen LogP contribution in [-0.4, -0.2) is 50.9 Å². The Balaban J connectivity index is 2.12. The van der Waals surface area contributed by atoms with Crippen LogP contribution in [0.15, 0.2) is 17.7 Å². The van der Waals surface area contributed by atoms with Crippen molar-refractivity contribution in [3.63, 3.8) is 0 Å². The van der Waals surface area contributed by atoms with E-state index in [9.17, 15) is 4.79 Å². The van der Waals surface area contributed by atoms with Crippen molar-refractivity contribution in [3.05, 3.63) is 12.7 Å². The molecule has 0 saturated carbocycles. The number of nitrogens with one attached hydrogen (secondary N) is 2. The van der Waals surface area contributed by atoms with E-state index < -0.39 is 5.54 Å². The number of carbonyl (C=O) groups excluding carboxylic acids is 1. The molecule has 2 aromatic heterocycles. The number of ether oxygens (including phenoxy) is 1. The maximum absolute atomic E-state index is 11.9. The molecule has 0 radical (unpaired) electrons. The summed E-state index contributed by atoms with van der Waals surface area (Å²) < 4.78 is 4.86. The average molecular weight is 309 g/mol. The Bertz CT molecular complexity index is 632. The zero-order chi connectivity index (χ0) is 15.5. The number of carbonyl (C=O) groups is 1. The Hall–Kier alpha value is -1.67. The minimum absolute atomic E-state index is 0.156. The lowest BCUT2D eigenvalue weighted by Gasteiger charge is -2.28. The highest BCUT2D eigenvalue weighted by atomic mass is 32.2. The molecule has 0 fully saturated rings. The van der Waals surface area contributed by atoms with Gasteiger partial charge in [0.05, 0.1) is 13.4 Å². The molecule has 2 aromatic rings. The third-order valence-corrected chi connectivity index (χ3v) is 4.49. The van der Waals surface area contributed by atoms with Crippen molar-refractivity contribution in [2.45, 2.75) is 36.1 Å². The number of H-pyrrole nitrogens is 1. The molecule has 8 heteroatoms. The number of esters is 1. The minimum Gasteiger partial charge on any atom is -0.468 e. The number of likely N-dealkylation sites (N-methyl/N-ethyl adjacent to an activating group) is 1.